The Balaban J connectivity index is 3.72. The van der Waals surface area contributed by atoms with Crippen LogP contribution in [0.15, 0.2) is 0 Å². The Kier molecular flexibility index (Phi) is 4.20. The quantitative estimate of drug-likeness (QED) is 0.538. The number of hydrogen-bond donors (Lipinski definition) is 3. The van der Waals surface area contributed by atoms with Crippen molar-refractivity contribution in [2.24, 2.45) is 11.1 Å². The van der Waals surface area contributed by atoms with Crippen LogP contribution in [0, 0.1) is 5.41 Å². The Morgan fingerprint density at radius 1 is 1.58 bits per heavy atom. The lowest BCUT2D eigenvalue weighted by atomic mass is 9.97. The van der Waals surface area contributed by atoms with Gasteiger partial charge in [0.1, 0.15) is 6.04 Å². The zero-order valence-electron chi connectivity index (χ0n) is 7.92. The van der Waals surface area contributed by atoms with Crippen LogP contribution in [0.2, 0.25) is 0 Å². The lowest BCUT2D eigenvalue weighted by Crippen LogP contribution is -2.45. The third-order valence-corrected chi connectivity index (χ3v) is 1.33. The van der Waals surface area contributed by atoms with E-state index < -0.39 is 6.04 Å². The summed E-state index contributed by atoms with van der Waals surface area (Å²) in [7, 11) is 0. The van der Waals surface area contributed by atoms with Gasteiger partial charge in [-0.3, -0.25) is 4.79 Å². The standard InChI is InChI=1S/C8H18N2O2/c1-8(2,3)5-10-7(12)6(9)4-11/h6,11H,4-5,9H2,1-3H3,(H,10,12). The predicted molar refractivity (Wildman–Crippen MR) is 47.5 cm³/mol. The molecule has 4 heteroatoms. The fourth-order valence-electron chi connectivity index (χ4n) is 0.566. The van der Waals surface area contributed by atoms with Gasteiger partial charge in [0.25, 0.3) is 0 Å². The molecule has 0 fully saturated rings. The fraction of sp³-hybridized carbons (Fsp3) is 0.875. The number of aliphatic hydroxyl groups excluding tert-OH is 1. The van der Waals surface area contributed by atoms with E-state index in [1.165, 1.54) is 0 Å². The molecule has 0 aromatic heterocycles. The number of nitrogens with one attached hydrogen (secondary N) is 1. The Morgan fingerprint density at radius 2 is 2.08 bits per heavy atom. The molecule has 1 atom stereocenters. The van der Waals surface area contributed by atoms with E-state index in [1.807, 2.05) is 20.8 Å². The van der Waals surface area contributed by atoms with Crippen molar-refractivity contribution in [1.29, 1.82) is 0 Å². The molecule has 1 unspecified atom stereocenters. The summed E-state index contributed by atoms with van der Waals surface area (Å²) in [6.45, 7) is 6.29. The van der Waals surface area contributed by atoms with E-state index >= 15 is 0 Å². The zero-order valence-corrected chi connectivity index (χ0v) is 7.92. The first-order chi connectivity index (χ1) is 5.37. The van der Waals surface area contributed by atoms with E-state index in [-0.39, 0.29) is 17.9 Å². The van der Waals surface area contributed by atoms with Crippen LogP contribution >= 0.6 is 0 Å². The molecule has 0 saturated carbocycles. The Morgan fingerprint density at radius 3 is 2.42 bits per heavy atom. The summed E-state index contributed by atoms with van der Waals surface area (Å²) in [5.74, 6) is -0.299. The highest BCUT2D eigenvalue weighted by atomic mass is 16.3. The highest BCUT2D eigenvalue weighted by molar-refractivity contribution is 5.81. The van der Waals surface area contributed by atoms with Gasteiger partial charge in [0, 0.05) is 6.54 Å². The molecule has 72 valence electrons. The number of rotatable bonds is 3. The van der Waals surface area contributed by atoms with Gasteiger partial charge < -0.3 is 16.2 Å². The maximum absolute atomic E-state index is 11.0. The molecule has 0 radical (unpaired) electrons. The zero-order chi connectivity index (χ0) is 9.78. The predicted octanol–water partition coefficient (Wildman–Crippen LogP) is -0.532. The Labute approximate surface area is 73.1 Å². The van der Waals surface area contributed by atoms with E-state index in [1.54, 1.807) is 0 Å². The molecule has 0 aliphatic rings. The molecule has 0 aliphatic carbocycles. The van der Waals surface area contributed by atoms with Crippen LogP contribution in [0.5, 0.6) is 0 Å². The molecule has 0 heterocycles. The van der Waals surface area contributed by atoms with E-state index in [9.17, 15) is 4.79 Å². The monoisotopic (exact) mass is 174 g/mol. The topological polar surface area (TPSA) is 75.4 Å². The first kappa shape index (κ1) is 11.4. The summed E-state index contributed by atoms with van der Waals surface area (Å²) in [6.07, 6.45) is 0. The van der Waals surface area contributed by atoms with Gasteiger partial charge in [-0.2, -0.15) is 0 Å². The average molecular weight is 174 g/mol. The molecule has 1 amide bonds. The van der Waals surface area contributed by atoms with Crippen molar-refractivity contribution in [1.82, 2.24) is 5.32 Å². The van der Waals surface area contributed by atoms with Crippen molar-refractivity contribution >= 4 is 5.91 Å². The lowest BCUT2D eigenvalue weighted by Gasteiger charge is -2.19. The highest BCUT2D eigenvalue weighted by Crippen LogP contribution is 2.09. The molecule has 0 rings (SSSR count). The van der Waals surface area contributed by atoms with Crippen molar-refractivity contribution in [2.75, 3.05) is 13.2 Å². The second-order valence-corrected chi connectivity index (χ2v) is 4.07. The first-order valence-corrected chi connectivity index (χ1v) is 4.01. The number of nitrogens with two attached hydrogens (primary N) is 1. The summed E-state index contributed by atoms with van der Waals surface area (Å²) in [4.78, 5) is 11.0. The number of carbonyl (C=O) groups excluding carboxylic acids is 1. The summed E-state index contributed by atoms with van der Waals surface area (Å²) >= 11 is 0. The molecule has 0 spiro atoms. The minimum Gasteiger partial charge on any atom is -0.394 e. The van der Waals surface area contributed by atoms with E-state index in [0.717, 1.165) is 0 Å². The minimum absolute atomic E-state index is 0.0465. The summed E-state index contributed by atoms with van der Waals surface area (Å²) in [5.41, 5.74) is 5.33. The average Bonchev–Trinajstić information content (AvgIpc) is 1.97. The van der Waals surface area contributed by atoms with Crippen LogP contribution in [0.3, 0.4) is 0 Å². The van der Waals surface area contributed by atoms with Crippen LogP contribution in [0.25, 0.3) is 0 Å². The van der Waals surface area contributed by atoms with Gasteiger partial charge in [0.05, 0.1) is 6.61 Å². The first-order valence-electron chi connectivity index (χ1n) is 4.01. The van der Waals surface area contributed by atoms with Gasteiger partial charge in [-0.15, -0.1) is 0 Å². The van der Waals surface area contributed by atoms with Crippen LogP contribution in [-0.2, 0) is 4.79 Å². The highest BCUT2D eigenvalue weighted by Gasteiger charge is 2.15. The fourth-order valence-corrected chi connectivity index (χ4v) is 0.566. The third-order valence-electron chi connectivity index (χ3n) is 1.33. The molecule has 0 aromatic rings. The van der Waals surface area contributed by atoms with Gasteiger partial charge in [-0.05, 0) is 5.41 Å². The SMILES string of the molecule is CC(C)(C)CNC(=O)C(N)CO. The molecular weight excluding hydrogens is 156 g/mol. The molecule has 0 saturated heterocycles. The summed E-state index contributed by atoms with van der Waals surface area (Å²) in [5, 5.41) is 11.2. The van der Waals surface area contributed by atoms with Gasteiger partial charge >= 0.3 is 0 Å². The maximum Gasteiger partial charge on any atom is 0.239 e. The van der Waals surface area contributed by atoms with Crippen LogP contribution in [-0.4, -0.2) is 30.2 Å². The normalized spacial score (nSPS) is 14.1. The minimum atomic E-state index is -0.799. The molecule has 4 N–H and O–H groups in total. The molecule has 0 aromatic carbocycles. The summed E-state index contributed by atoms with van der Waals surface area (Å²) in [6, 6.07) is -0.799. The molecular formula is C8H18N2O2. The van der Waals surface area contributed by atoms with Gasteiger partial charge in [0.2, 0.25) is 5.91 Å². The molecule has 0 aliphatic heterocycles. The lowest BCUT2D eigenvalue weighted by molar-refractivity contribution is -0.123. The van der Waals surface area contributed by atoms with E-state index in [4.69, 9.17) is 10.8 Å². The molecule has 0 bridgehead atoms. The number of aliphatic hydroxyl groups is 1. The van der Waals surface area contributed by atoms with Crippen LogP contribution in [0.1, 0.15) is 20.8 Å². The van der Waals surface area contributed by atoms with Crippen LogP contribution < -0.4 is 11.1 Å². The Hall–Kier alpha value is -0.610. The maximum atomic E-state index is 11.0. The van der Waals surface area contributed by atoms with Crippen molar-refractivity contribution in [3.8, 4) is 0 Å². The number of hydrogen-bond acceptors (Lipinski definition) is 3. The van der Waals surface area contributed by atoms with Crippen molar-refractivity contribution in [2.45, 2.75) is 26.8 Å². The van der Waals surface area contributed by atoms with Crippen molar-refractivity contribution in [3.63, 3.8) is 0 Å². The second-order valence-electron chi connectivity index (χ2n) is 4.07. The molecule has 12 heavy (non-hydrogen) atoms. The van der Waals surface area contributed by atoms with Gasteiger partial charge in [-0.25, -0.2) is 0 Å². The molecule has 4 nitrogen and oxygen atoms in total. The van der Waals surface area contributed by atoms with Crippen LogP contribution in [0.4, 0.5) is 0 Å². The number of amides is 1. The van der Waals surface area contributed by atoms with E-state index in [0.29, 0.717) is 6.54 Å². The largest absolute Gasteiger partial charge is 0.394 e. The van der Waals surface area contributed by atoms with Crippen molar-refractivity contribution < 1.29 is 9.90 Å². The smallest absolute Gasteiger partial charge is 0.239 e. The van der Waals surface area contributed by atoms with Gasteiger partial charge in [0.15, 0.2) is 0 Å². The van der Waals surface area contributed by atoms with Gasteiger partial charge in [-0.1, -0.05) is 20.8 Å². The Bertz CT molecular complexity index is 152. The third kappa shape index (κ3) is 5.09. The van der Waals surface area contributed by atoms with Crippen molar-refractivity contribution in [3.05, 3.63) is 0 Å². The number of carbonyl (C=O) groups is 1. The van der Waals surface area contributed by atoms with E-state index in [2.05, 4.69) is 5.32 Å². The summed E-state index contributed by atoms with van der Waals surface area (Å²) < 4.78 is 0. The second kappa shape index (κ2) is 4.42.